The van der Waals surface area contributed by atoms with Crippen molar-refractivity contribution in [2.45, 2.75) is 39.4 Å². The first kappa shape index (κ1) is 14.4. The van der Waals surface area contributed by atoms with Crippen LogP contribution in [0.3, 0.4) is 0 Å². The number of benzene rings is 1. The van der Waals surface area contributed by atoms with Crippen LogP contribution in [-0.4, -0.2) is 16.8 Å². The molecule has 0 saturated heterocycles. The molecule has 1 rings (SSSR count). The number of ether oxygens (including phenoxy) is 1. The van der Waals surface area contributed by atoms with E-state index in [1.54, 1.807) is 20.8 Å². The molecule has 0 fully saturated rings. The van der Waals surface area contributed by atoms with Gasteiger partial charge < -0.3 is 9.84 Å². The van der Waals surface area contributed by atoms with Crippen LogP contribution in [0.1, 0.15) is 39.4 Å². The maximum absolute atomic E-state index is 13.1. The molecule has 1 unspecified atom stereocenters. The minimum atomic E-state index is -0.884. The molecule has 0 heterocycles. The van der Waals surface area contributed by atoms with Crippen LogP contribution in [0, 0.1) is 5.82 Å². The molecule has 18 heavy (non-hydrogen) atoms. The molecule has 1 aromatic rings. The molecule has 1 amide bonds. The van der Waals surface area contributed by atoms with E-state index in [1.165, 1.54) is 25.1 Å². The summed E-state index contributed by atoms with van der Waals surface area (Å²) in [5, 5.41) is 12.0. The number of rotatable bonds is 2. The zero-order valence-electron chi connectivity index (χ0n) is 11.0. The van der Waals surface area contributed by atoms with Gasteiger partial charge in [-0.25, -0.2) is 9.18 Å². The van der Waals surface area contributed by atoms with Gasteiger partial charge in [-0.15, -0.1) is 0 Å². The van der Waals surface area contributed by atoms with Gasteiger partial charge in [0.25, 0.3) is 0 Å². The normalized spacial score (nSPS) is 13.0. The topological polar surface area (TPSA) is 58.6 Å². The number of halogens is 1. The molecule has 0 aliphatic rings. The molecule has 0 bridgehead atoms. The predicted molar refractivity (Wildman–Crippen MR) is 66.9 cm³/mol. The van der Waals surface area contributed by atoms with Crippen LogP contribution in [0.4, 0.5) is 14.9 Å². The fourth-order valence-corrected chi connectivity index (χ4v) is 1.41. The standard InChI is InChI=1S/C13H18FNO3/c1-8(16)10-7-9(14)5-6-11(10)15-12(17)18-13(2,3)4/h5-8,16H,1-4H3,(H,15,17). The third-order valence-corrected chi connectivity index (χ3v) is 2.10. The van der Waals surface area contributed by atoms with Crippen molar-refractivity contribution >= 4 is 11.8 Å². The highest BCUT2D eigenvalue weighted by atomic mass is 19.1. The Labute approximate surface area is 106 Å². The van der Waals surface area contributed by atoms with Crippen LogP contribution >= 0.6 is 0 Å². The Morgan fingerprint density at radius 3 is 2.56 bits per heavy atom. The second-order valence-electron chi connectivity index (χ2n) is 5.03. The molecule has 0 spiro atoms. The summed E-state index contributed by atoms with van der Waals surface area (Å²) < 4.78 is 18.1. The van der Waals surface area contributed by atoms with Gasteiger partial charge in [-0.1, -0.05) is 0 Å². The Balaban J connectivity index is 2.88. The Kier molecular flexibility index (Phi) is 4.29. The first-order valence-corrected chi connectivity index (χ1v) is 5.66. The molecule has 5 heteroatoms. The molecule has 1 atom stereocenters. The number of nitrogens with one attached hydrogen (secondary N) is 1. The SMILES string of the molecule is CC(O)c1cc(F)ccc1NC(=O)OC(C)(C)C. The van der Waals surface area contributed by atoms with Crippen molar-refractivity contribution in [3.05, 3.63) is 29.6 Å². The highest BCUT2D eigenvalue weighted by Gasteiger charge is 2.18. The molecule has 1 aromatic carbocycles. The van der Waals surface area contributed by atoms with Gasteiger partial charge in [-0.3, -0.25) is 5.32 Å². The van der Waals surface area contributed by atoms with Crippen LogP contribution in [0.15, 0.2) is 18.2 Å². The number of hydrogen-bond acceptors (Lipinski definition) is 3. The summed E-state index contributed by atoms with van der Waals surface area (Å²) in [5.41, 5.74) is 0.0243. The van der Waals surface area contributed by atoms with Crippen molar-refractivity contribution in [3.8, 4) is 0 Å². The lowest BCUT2D eigenvalue weighted by Crippen LogP contribution is -2.27. The first-order chi connectivity index (χ1) is 8.19. The van der Waals surface area contributed by atoms with E-state index in [9.17, 15) is 14.3 Å². The predicted octanol–water partition coefficient (Wildman–Crippen LogP) is 3.23. The van der Waals surface area contributed by atoms with Crippen LogP contribution in [0.25, 0.3) is 0 Å². The van der Waals surface area contributed by atoms with Crippen molar-refractivity contribution in [2.75, 3.05) is 5.32 Å². The quantitative estimate of drug-likeness (QED) is 0.853. The number of carbonyl (C=O) groups is 1. The Bertz CT molecular complexity index is 438. The summed E-state index contributed by atoms with van der Waals surface area (Å²) in [7, 11) is 0. The molecule has 2 N–H and O–H groups in total. The van der Waals surface area contributed by atoms with Crippen molar-refractivity contribution in [3.63, 3.8) is 0 Å². The molecule has 0 aliphatic heterocycles. The summed E-state index contributed by atoms with van der Waals surface area (Å²) >= 11 is 0. The van der Waals surface area contributed by atoms with Crippen molar-refractivity contribution in [2.24, 2.45) is 0 Å². The second kappa shape index (κ2) is 5.35. The van der Waals surface area contributed by atoms with Gasteiger partial charge in [0.1, 0.15) is 11.4 Å². The molecule has 0 aliphatic carbocycles. The number of aliphatic hydroxyl groups is 1. The fourth-order valence-electron chi connectivity index (χ4n) is 1.41. The summed E-state index contributed by atoms with van der Waals surface area (Å²) in [6, 6.07) is 3.78. The highest BCUT2D eigenvalue weighted by molar-refractivity contribution is 5.86. The molecule has 100 valence electrons. The largest absolute Gasteiger partial charge is 0.444 e. The minimum absolute atomic E-state index is 0.306. The first-order valence-electron chi connectivity index (χ1n) is 5.66. The lowest BCUT2D eigenvalue weighted by Gasteiger charge is -2.21. The lowest BCUT2D eigenvalue weighted by atomic mass is 10.1. The van der Waals surface area contributed by atoms with Gasteiger partial charge >= 0.3 is 6.09 Å². The number of hydrogen-bond donors (Lipinski definition) is 2. The average Bonchev–Trinajstić information content (AvgIpc) is 2.17. The van der Waals surface area contributed by atoms with Crippen LogP contribution in [-0.2, 0) is 4.74 Å². The second-order valence-corrected chi connectivity index (χ2v) is 5.03. The lowest BCUT2D eigenvalue weighted by molar-refractivity contribution is 0.0635. The van der Waals surface area contributed by atoms with E-state index < -0.39 is 23.6 Å². The van der Waals surface area contributed by atoms with E-state index in [0.29, 0.717) is 11.3 Å². The summed E-state index contributed by atoms with van der Waals surface area (Å²) in [4.78, 5) is 11.6. The molecular formula is C13H18FNO3. The highest BCUT2D eigenvalue weighted by Crippen LogP contribution is 2.24. The Morgan fingerprint density at radius 1 is 1.44 bits per heavy atom. The van der Waals surface area contributed by atoms with E-state index in [0.717, 1.165) is 0 Å². The fraction of sp³-hybridized carbons (Fsp3) is 0.462. The number of aliphatic hydroxyl groups excluding tert-OH is 1. The summed E-state index contributed by atoms with van der Waals surface area (Å²) in [6.07, 6.45) is -1.53. The Morgan fingerprint density at radius 2 is 2.06 bits per heavy atom. The van der Waals surface area contributed by atoms with Gasteiger partial charge in [0.2, 0.25) is 0 Å². The van der Waals surface area contributed by atoms with Crippen molar-refractivity contribution in [1.29, 1.82) is 0 Å². The van der Waals surface area contributed by atoms with E-state index in [1.807, 2.05) is 0 Å². The van der Waals surface area contributed by atoms with Crippen LogP contribution in [0.5, 0.6) is 0 Å². The summed E-state index contributed by atoms with van der Waals surface area (Å²) in [5.74, 6) is -0.472. The Hall–Kier alpha value is -1.62. The molecule has 0 saturated carbocycles. The van der Waals surface area contributed by atoms with Crippen LogP contribution < -0.4 is 5.32 Å². The zero-order valence-corrected chi connectivity index (χ0v) is 11.0. The summed E-state index contributed by atoms with van der Waals surface area (Å²) in [6.45, 7) is 6.72. The number of amides is 1. The third-order valence-electron chi connectivity index (χ3n) is 2.10. The number of anilines is 1. The molecule has 0 radical (unpaired) electrons. The maximum Gasteiger partial charge on any atom is 0.412 e. The average molecular weight is 255 g/mol. The van der Waals surface area contributed by atoms with E-state index in [2.05, 4.69) is 5.32 Å². The van der Waals surface area contributed by atoms with Gasteiger partial charge in [0.05, 0.1) is 6.10 Å². The van der Waals surface area contributed by atoms with Crippen molar-refractivity contribution in [1.82, 2.24) is 0 Å². The van der Waals surface area contributed by atoms with Crippen molar-refractivity contribution < 1.29 is 19.0 Å². The van der Waals surface area contributed by atoms with Gasteiger partial charge in [0.15, 0.2) is 0 Å². The third kappa shape index (κ3) is 4.33. The number of carbonyl (C=O) groups excluding carboxylic acids is 1. The van der Waals surface area contributed by atoms with Gasteiger partial charge in [-0.05, 0) is 45.9 Å². The van der Waals surface area contributed by atoms with Gasteiger partial charge in [0, 0.05) is 11.3 Å². The monoisotopic (exact) mass is 255 g/mol. The van der Waals surface area contributed by atoms with Crippen LogP contribution in [0.2, 0.25) is 0 Å². The van der Waals surface area contributed by atoms with E-state index >= 15 is 0 Å². The minimum Gasteiger partial charge on any atom is -0.444 e. The smallest absolute Gasteiger partial charge is 0.412 e. The molecule has 4 nitrogen and oxygen atoms in total. The maximum atomic E-state index is 13.1. The molecular weight excluding hydrogens is 237 g/mol. The zero-order chi connectivity index (χ0) is 13.9. The van der Waals surface area contributed by atoms with E-state index in [-0.39, 0.29) is 0 Å². The molecule has 0 aromatic heterocycles. The van der Waals surface area contributed by atoms with Gasteiger partial charge in [-0.2, -0.15) is 0 Å². The van der Waals surface area contributed by atoms with E-state index in [4.69, 9.17) is 4.74 Å².